The molecule has 3 rings (SSSR count). The van der Waals surface area contributed by atoms with Gasteiger partial charge in [0.25, 0.3) is 0 Å². The quantitative estimate of drug-likeness (QED) is 0.849. The van der Waals surface area contributed by atoms with E-state index in [1.54, 1.807) is 12.1 Å². The van der Waals surface area contributed by atoms with Crippen LogP contribution in [-0.4, -0.2) is 36.6 Å². The first kappa shape index (κ1) is 13.6. The van der Waals surface area contributed by atoms with Crippen LogP contribution in [0.5, 0.6) is 0 Å². The highest BCUT2D eigenvalue weighted by molar-refractivity contribution is 5.79. The average molecular weight is 277 g/mol. The Morgan fingerprint density at radius 1 is 1.30 bits per heavy atom. The van der Waals surface area contributed by atoms with E-state index in [0.717, 1.165) is 24.8 Å². The summed E-state index contributed by atoms with van der Waals surface area (Å²) < 4.78 is 18.6. The van der Waals surface area contributed by atoms with Crippen molar-refractivity contribution >= 4 is 5.91 Å². The van der Waals surface area contributed by atoms with Gasteiger partial charge in [0.2, 0.25) is 5.91 Å². The fourth-order valence-electron chi connectivity index (χ4n) is 2.84. The number of hydrogen-bond acceptors (Lipinski definition) is 2. The predicted molar refractivity (Wildman–Crippen MR) is 73.8 cm³/mol. The minimum Gasteiger partial charge on any atom is -0.374 e. The van der Waals surface area contributed by atoms with Crippen LogP contribution >= 0.6 is 0 Å². The summed E-state index contributed by atoms with van der Waals surface area (Å²) in [6.07, 6.45) is 4.02. The number of carbonyl (C=O) groups is 1. The number of rotatable bonds is 3. The van der Waals surface area contributed by atoms with Gasteiger partial charge < -0.3 is 9.64 Å². The van der Waals surface area contributed by atoms with E-state index in [1.165, 1.54) is 18.6 Å². The van der Waals surface area contributed by atoms with Gasteiger partial charge in [0.1, 0.15) is 5.82 Å². The van der Waals surface area contributed by atoms with Gasteiger partial charge in [-0.25, -0.2) is 4.39 Å². The van der Waals surface area contributed by atoms with Gasteiger partial charge in [-0.2, -0.15) is 0 Å². The van der Waals surface area contributed by atoms with Crippen LogP contribution in [0.1, 0.15) is 24.8 Å². The molecule has 1 aromatic carbocycles. The lowest BCUT2D eigenvalue weighted by Gasteiger charge is -2.37. The van der Waals surface area contributed by atoms with Gasteiger partial charge >= 0.3 is 0 Å². The van der Waals surface area contributed by atoms with Crippen LogP contribution in [0.25, 0.3) is 0 Å². The predicted octanol–water partition coefficient (Wildman–Crippen LogP) is 2.40. The molecule has 1 aromatic rings. The number of amides is 1. The van der Waals surface area contributed by atoms with Crippen molar-refractivity contribution in [1.29, 1.82) is 0 Å². The van der Waals surface area contributed by atoms with Crippen molar-refractivity contribution in [2.75, 3.05) is 19.7 Å². The molecule has 2 fully saturated rings. The Hall–Kier alpha value is -1.42. The summed E-state index contributed by atoms with van der Waals surface area (Å²) in [6, 6.07) is 6.50. The third kappa shape index (κ3) is 3.01. The van der Waals surface area contributed by atoms with E-state index in [4.69, 9.17) is 4.74 Å². The van der Waals surface area contributed by atoms with Gasteiger partial charge in [-0.15, -0.1) is 0 Å². The molecule has 0 N–H and O–H groups in total. The molecular formula is C16H20FNO2. The van der Waals surface area contributed by atoms with Crippen LogP contribution in [0.2, 0.25) is 0 Å². The summed E-state index contributed by atoms with van der Waals surface area (Å²) in [6.45, 7) is 1.96. The minimum atomic E-state index is -0.222. The number of hydrogen-bond donors (Lipinski definition) is 0. The third-order valence-corrected chi connectivity index (χ3v) is 4.28. The van der Waals surface area contributed by atoms with Gasteiger partial charge in [-0.05, 0) is 30.5 Å². The van der Waals surface area contributed by atoms with E-state index in [-0.39, 0.29) is 17.8 Å². The smallest absolute Gasteiger partial charge is 0.225 e. The molecule has 1 aliphatic carbocycles. The molecule has 1 amide bonds. The van der Waals surface area contributed by atoms with Crippen LogP contribution < -0.4 is 0 Å². The maximum atomic E-state index is 12.9. The lowest BCUT2D eigenvalue weighted by atomic mass is 9.84. The maximum absolute atomic E-state index is 12.9. The topological polar surface area (TPSA) is 29.5 Å². The first-order chi connectivity index (χ1) is 9.72. The molecule has 1 saturated heterocycles. The zero-order valence-corrected chi connectivity index (χ0v) is 11.6. The Kier molecular flexibility index (Phi) is 4.01. The maximum Gasteiger partial charge on any atom is 0.225 e. The Labute approximate surface area is 118 Å². The third-order valence-electron chi connectivity index (χ3n) is 4.28. The molecule has 1 aliphatic heterocycles. The molecule has 20 heavy (non-hydrogen) atoms. The zero-order chi connectivity index (χ0) is 13.9. The monoisotopic (exact) mass is 277 g/mol. The van der Waals surface area contributed by atoms with Crippen molar-refractivity contribution < 1.29 is 13.9 Å². The average Bonchev–Trinajstić information content (AvgIpc) is 2.40. The number of ether oxygens (including phenoxy) is 1. The molecule has 108 valence electrons. The largest absolute Gasteiger partial charge is 0.374 e. The van der Waals surface area contributed by atoms with Gasteiger partial charge in [0, 0.05) is 25.4 Å². The van der Waals surface area contributed by atoms with Crippen molar-refractivity contribution in [1.82, 2.24) is 4.90 Å². The number of nitrogens with zero attached hydrogens (tertiary/aromatic N) is 1. The fourth-order valence-corrected chi connectivity index (χ4v) is 2.84. The highest BCUT2D eigenvalue weighted by atomic mass is 19.1. The zero-order valence-electron chi connectivity index (χ0n) is 11.6. The normalized spacial score (nSPS) is 23.4. The highest BCUT2D eigenvalue weighted by Gasteiger charge is 2.32. The second-order valence-corrected chi connectivity index (χ2v) is 5.74. The minimum absolute atomic E-state index is 0.0261. The van der Waals surface area contributed by atoms with E-state index in [0.29, 0.717) is 25.6 Å². The van der Waals surface area contributed by atoms with E-state index < -0.39 is 0 Å². The van der Waals surface area contributed by atoms with E-state index in [2.05, 4.69) is 0 Å². The van der Waals surface area contributed by atoms with Gasteiger partial charge in [0.15, 0.2) is 0 Å². The molecule has 1 heterocycles. The van der Waals surface area contributed by atoms with Crippen molar-refractivity contribution in [3.05, 3.63) is 35.6 Å². The van der Waals surface area contributed by atoms with Crippen LogP contribution in [0.3, 0.4) is 0 Å². The van der Waals surface area contributed by atoms with Crippen molar-refractivity contribution in [2.24, 2.45) is 5.92 Å². The van der Waals surface area contributed by atoms with Crippen LogP contribution in [0, 0.1) is 11.7 Å². The standard InChI is InChI=1S/C16H20FNO2/c17-14-6-4-12(5-7-14)10-15-11-18(8-9-20-15)16(19)13-2-1-3-13/h4-7,13,15H,1-3,8-11H2. The van der Waals surface area contributed by atoms with Crippen molar-refractivity contribution in [3.63, 3.8) is 0 Å². The first-order valence-corrected chi connectivity index (χ1v) is 7.37. The van der Waals surface area contributed by atoms with Gasteiger partial charge in [-0.3, -0.25) is 4.79 Å². The number of morpholine rings is 1. The fraction of sp³-hybridized carbons (Fsp3) is 0.562. The molecular weight excluding hydrogens is 257 g/mol. The summed E-state index contributed by atoms with van der Waals surface area (Å²) in [5, 5.41) is 0. The number of benzene rings is 1. The number of carbonyl (C=O) groups excluding carboxylic acids is 1. The summed E-state index contributed by atoms with van der Waals surface area (Å²) in [5.74, 6) is 0.323. The Morgan fingerprint density at radius 2 is 2.05 bits per heavy atom. The lowest BCUT2D eigenvalue weighted by Crippen LogP contribution is -2.49. The molecule has 1 atom stereocenters. The van der Waals surface area contributed by atoms with Gasteiger partial charge in [-0.1, -0.05) is 18.6 Å². The molecule has 0 radical (unpaired) electrons. The van der Waals surface area contributed by atoms with E-state index >= 15 is 0 Å². The Morgan fingerprint density at radius 3 is 2.70 bits per heavy atom. The molecule has 1 unspecified atom stereocenters. The molecule has 0 aromatic heterocycles. The second kappa shape index (κ2) is 5.92. The highest BCUT2D eigenvalue weighted by Crippen LogP contribution is 2.29. The summed E-state index contributed by atoms with van der Waals surface area (Å²) >= 11 is 0. The van der Waals surface area contributed by atoms with Crippen LogP contribution in [-0.2, 0) is 16.0 Å². The molecule has 0 bridgehead atoms. The molecule has 2 aliphatic rings. The van der Waals surface area contributed by atoms with Crippen molar-refractivity contribution in [3.8, 4) is 0 Å². The van der Waals surface area contributed by atoms with Gasteiger partial charge in [0.05, 0.1) is 12.7 Å². The van der Waals surface area contributed by atoms with Crippen LogP contribution in [0.15, 0.2) is 24.3 Å². The van der Waals surface area contributed by atoms with E-state index in [9.17, 15) is 9.18 Å². The van der Waals surface area contributed by atoms with E-state index in [1.807, 2.05) is 4.90 Å². The summed E-state index contributed by atoms with van der Waals surface area (Å²) in [4.78, 5) is 14.2. The SMILES string of the molecule is O=C(C1CCC1)N1CCOC(Cc2ccc(F)cc2)C1. The molecule has 4 heteroatoms. The molecule has 1 saturated carbocycles. The number of halogens is 1. The summed E-state index contributed by atoms with van der Waals surface area (Å²) in [5.41, 5.74) is 1.05. The van der Waals surface area contributed by atoms with Crippen LogP contribution in [0.4, 0.5) is 4.39 Å². The molecule has 0 spiro atoms. The second-order valence-electron chi connectivity index (χ2n) is 5.74. The van der Waals surface area contributed by atoms with Crippen molar-refractivity contribution in [2.45, 2.75) is 31.8 Å². The summed E-state index contributed by atoms with van der Waals surface area (Å²) in [7, 11) is 0. The first-order valence-electron chi connectivity index (χ1n) is 7.37. The lowest BCUT2D eigenvalue weighted by molar-refractivity contribution is -0.145. The molecule has 3 nitrogen and oxygen atoms in total. The Balaban J connectivity index is 1.57. The Bertz CT molecular complexity index is 470.